The number of halogens is 1. The van der Waals surface area contributed by atoms with E-state index in [2.05, 4.69) is 46.7 Å². The van der Waals surface area contributed by atoms with Crippen molar-refractivity contribution in [3.05, 3.63) is 81.0 Å². The van der Waals surface area contributed by atoms with Gasteiger partial charge in [0.1, 0.15) is 10.7 Å². The third-order valence-corrected chi connectivity index (χ3v) is 5.55. The molecule has 150 valence electrons. The van der Waals surface area contributed by atoms with E-state index < -0.39 is 0 Å². The molecule has 30 heavy (non-hydrogen) atoms. The van der Waals surface area contributed by atoms with Crippen LogP contribution in [-0.4, -0.2) is 32.0 Å². The Labute approximate surface area is 183 Å². The van der Waals surface area contributed by atoms with Crippen molar-refractivity contribution in [2.75, 3.05) is 5.32 Å². The maximum Gasteiger partial charge on any atom is 0.263 e. The predicted molar refractivity (Wildman–Crippen MR) is 117 cm³/mol. The highest BCUT2D eigenvalue weighted by Crippen LogP contribution is 2.23. The largest absolute Gasteiger partial charge is 0.344 e. The summed E-state index contributed by atoms with van der Waals surface area (Å²) in [6, 6.07) is 12.3. The molecule has 0 unspecified atom stereocenters. The maximum atomic E-state index is 12.6. The normalized spacial score (nSPS) is 10.6. The number of thiophene rings is 1. The van der Waals surface area contributed by atoms with Crippen molar-refractivity contribution in [2.45, 2.75) is 6.54 Å². The van der Waals surface area contributed by atoms with Crippen molar-refractivity contribution in [3.8, 4) is 11.4 Å². The van der Waals surface area contributed by atoms with Gasteiger partial charge in [-0.2, -0.15) is 5.10 Å². The monoisotopic (exact) mass is 482 g/mol. The summed E-state index contributed by atoms with van der Waals surface area (Å²) in [4.78, 5) is 33.8. The molecule has 0 saturated carbocycles. The summed E-state index contributed by atoms with van der Waals surface area (Å²) in [5.74, 6) is 0.456. The smallest absolute Gasteiger partial charge is 0.263 e. The lowest BCUT2D eigenvalue weighted by Gasteiger charge is -2.07. The Balaban J connectivity index is 1.39. The number of nitrogens with zero attached hydrogens (tertiary/aromatic N) is 3. The third kappa shape index (κ3) is 4.61. The first kappa shape index (κ1) is 19.9. The van der Waals surface area contributed by atoms with Crippen molar-refractivity contribution in [2.24, 2.45) is 0 Å². The quantitative estimate of drug-likeness (QED) is 0.386. The molecule has 10 heteroatoms. The van der Waals surface area contributed by atoms with Crippen LogP contribution in [0.5, 0.6) is 0 Å². The highest BCUT2D eigenvalue weighted by atomic mass is 79.9. The Morgan fingerprint density at radius 2 is 1.80 bits per heavy atom. The van der Waals surface area contributed by atoms with E-state index >= 15 is 0 Å². The Hall–Kier alpha value is -3.37. The summed E-state index contributed by atoms with van der Waals surface area (Å²) >= 11 is 4.59. The van der Waals surface area contributed by atoms with Crippen LogP contribution in [0.1, 0.15) is 25.9 Å². The number of nitrogens with one attached hydrogen (secondary N) is 3. The second kappa shape index (κ2) is 8.97. The lowest BCUT2D eigenvalue weighted by atomic mass is 10.2. The number of rotatable bonds is 6. The second-order valence-corrected chi connectivity index (χ2v) is 7.98. The van der Waals surface area contributed by atoms with Crippen molar-refractivity contribution < 1.29 is 9.59 Å². The van der Waals surface area contributed by atoms with E-state index in [0.29, 0.717) is 27.8 Å². The fourth-order valence-electron chi connectivity index (χ4n) is 2.63. The zero-order valence-corrected chi connectivity index (χ0v) is 17.8. The number of carbonyl (C=O) groups is 2. The van der Waals surface area contributed by atoms with Crippen molar-refractivity contribution in [1.82, 2.24) is 25.5 Å². The van der Waals surface area contributed by atoms with Crippen molar-refractivity contribution >= 4 is 44.8 Å². The number of hydrogen-bond donors (Lipinski definition) is 3. The van der Waals surface area contributed by atoms with Gasteiger partial charge in [-0.15, -0.1) is 11.3 Å². The summed E-state index contributed by atoms with van der Waals surface area (Å²) in [5.41, 5.74) is 1.79. The lowest BCUT2D eigenvalue weighted by Crippen LogP contribution is -2.24. The average molecular weight is 483 g/mol. The van der Waals surface area contributed by atoms with Gasteiger partial charge >= 0.3 is 0 Å². The van der Waals surface area contributed by atoms with E-state index in [1.54, 1.807) is 60.2 Å². The number of anilines is 1. The number of aromatic amines is 1. The number of benzene rings is 1. The molecule has 0 fully saturated rings. The Morgan fingerprint density at radius 1 is 1.03 bits per heavy atom. The van der Waals surface area contributed by atoms with Gasteiger partial charge in [-0.1, -0.05) is 15.9 Å². The van der Waals surface area contributed by atoms with E-state index in [4.69, 9.17) is 0 Å². The van der Waals surface area contributed by atoms with Crippen LogP contribution < -0.4 is 10.6 Å². The van der Waals surface area contributed by atoms with Gasteiger partial charge in [0, 0.05) is 28.0 Å². The third-order valence-electron chi connectivity index (χ3n) is 4.11. The van der Waals surface area contributed by atoms with Crippen molar-refractivity contribution in [3.63, 3.8) is 0 Å². The van der Waals surface area contributed by atoms with E-state index in [-0.39, 0.29) is 18.4 Å². The van der Waals surface area contributed by atoms with Gasteiger partial charge < -0.3 is 10.6 Å². The van der Waals surface area contributed by atoms with Crippen LogP contribution in [0.25, 0.3) is 11.4 Å². The number of H-pyrrole nitrogens is 1. The molecule has 4 rings (SSSR count). The molecule has 1 aromatic carbocycles. The minimum atomic E-state index is -0.307. The van der Waals surface area contributed by atoms with Crippen LogP contribution in [-0.2, 0) is 6.54 Å². The summed E-state index contributed by atoms with van der Waals surface area (Å²) in [6.45, 7) is 0.176. The van der Waals surface area contributed by atoms with Gasteiger partial charge in [0.05, 0.1) is 12.2 Å². The molecule has 0 atom stereocenters. The van der Waals surface area contributed by atoms with Crippen LogP contribution >= 0.6 is 27.3 Å². The van der Waals surface area contributed by atoms with E-state index in [1.807, 2.05) is 0 Å². The maximum absolute atomic E-state index is 12.6. The molecular weight excluding hydrogens is 468 g/mol. The molecule has 4 aromatic rings. The Bertz CT molecular complexity index is 1170. The summed E-state index contributed by atoms with van der Waals surface area (Å²) in [5, 5.41) is 14.3. The van der Waals surface area contributed by atoms with Crippen LogP contribution in [0.15, 0.2) is 64.7 Å². The highest BCUT2D eigenvalue weighted by molar-refractivity contribution is 9.10. The molecule has 0 aliphatic carbocycles. The molecule has 0 spiro atoms. The van der Waals surface area contributed by atoms with Gasteiger partial charge in [0.25, 0.3) is 11.8 Å². The zero-order valence-electron chi connectivity index (χ0n) is 15.4. The molecule has 0 aliphatic heterocycles. The molecular formula is C20H15BrN6O2S. The van der Waals surface area contributed by atoms with Gasteiger partial charge in [-0.05, 0) is 47.8 Å². The Morgan fingerprint density at radius 3 is 2.57 bits per heavy atom. The molecule has 0 radical (unpaired) electrons. The Kier molecular flexibility index (Phi) is 5.96. The first-order chi connectivity index (χ1) is 14.6. The second-order valence-electron chi connectivity index (χ2n) is 6.15. The average Bonchev–Trinajstić information content (AvgIpc) is 3.43. The number of hydrogen-bond acceptors (Lipinski definition) is 6. The number of carbonyl (C=O) groups excluding carboxylic acids is 2. The molecule has 3 aromatic heterocycles. The molecule has 0 bridgehead atoms. The molecule has 2 amide bonds. The standard InChI is InChI=1S/C20H15BrN6O2S/c21-14-3-1-13(2-4-14)19(28)24-15-7-10-30-17(15)20(29)23-11-16-25-18(27-26-16)12-5-8-22-9-6-12/h1-10H,11H2,(H,23,29)(H,24,28)(H,25,26,27). The van der Waals surface area contributed by atoms with E-state index in [0.717, 1.165) is 10.0 Å². The van der Waals surface area contributed by atoms with Crippen LogP contribution in [0, 0.1) is 0 Å². The first-order valence-corrected chi connectivity index (χ1v) is 10.5. The summed E-state index contributed by atoms with van der Waals surface area (Å²) < 4.78 is 0.883. The van der Waals surface area contributed by atoms with E-state index in [1.165, 1.54) is 11.3 Å². The van der Waals surface area contributed by atoms with Gasteiger partial charge in [0.15, 0.2) is 5.82 Å². The molecule has 3 N–H and O–H groups in total. The summed E-state index contributed by atoms with van der Waals surface area (Å²) in [6.07, 6.45) is 3.32. The SMILES string of the molecule is O=C(Nc1ccsc1C(=O)NCc1nc(-c2ccncc2)n[nH]1)c1ccc(Br)cc1. The first-order valence-electron chi connectivity index (χ1n) is 8.84. The minimum absolute atomic E-state index is 0.176. The topological polar surface area (TPSA) is 113 Å². The number of amides is 2. The molecule has 3 heterocycles. The molecule has 8 nitrogen and oxygen atoms in total. The zero-order chi connectivity index (χ0) is 20.9. The lowest BCUT2D eigenvalue weighted by molar-refractivity contribution is 0.0955. The molecule has 0 saturated heterocycles. The van der Waals surface area contributed by atoms with E-state index in [9.17, 15) is 9.59 Å². The van der Waals surface area contributed by atoms with Gasteiger partial charge in [-0.25, -0.2) is 4.98 Å². The van der Waals surface area contributed by atoms with Crippen LogP contribution in [0.3, 0.4) is 0 Å². The number of pyridine rings is 1. The summed E-state index contributed by atoms with van der Waals surface area (Å²) in [7, 11) is 0. The molecule has 0 aliphatic rings. The van der Waals surface area contributed by atoms with Crippen LogP contribution in [0.2, 0.25) is 0 Å². The van der Waals surface area contributed by atoms with Crippen LogP contribution in [0.4, 0.5) is 5.69 Å². The predicted octanol–water partition coefficient (Wildman–Crippen LogP) is 3.87. The van der Waals surface area contributed by atoms with Crippen molar-refractivity contribution in [1.29, 1.82) is 0 Å². The highest BCUT2D eigenvalue weighted by Gasteiger charge is 2.16. The fraction of sp³-hybridized carbons (Fsp3) is 0.0500. The fourth-order valence-corrected chi connectivity index (χ4v) is 3.66. The number of aromatic nitrogens is 4. The van der Waals surface area contributed by atoms with Gasteiger partial charge in [0.2, 0.25) is 0 Å². The minimum Gasteiger partial charge on any atom is -0.344 e. The van der Waals surface area contributed by atoms with Gasteiger partial charge in [-0.3, -0.25) is 19.7 Å².